The summed E-state index contributed by atoms with van der Waals surface area (Å²) in [6, 6.07) is 5.18. The third kappa shape index (κ3) is 6.28. The molecule has 0 spiro atoms. The Labute approximate surface area is 211 Å². The van der Waals surface area contributed by atoms with Crippen LogP contribution in [0.25, 0.3) is 0 Å². The first-order valence-corrected chi connectivity index (χ1v) is 13.2. The molecule has 1 aliphatic carbocycles. The van der Waals surface area contributed by atoms with Crippen LogP contribution in [-0.4, -0.2) is 42.4 Å². The number of hydrogen-bond donors (Lipinski definition) is 1. The second-order valence-corrected chi connectivity index (χ2v) is 10.9. The van der Waals surface area contributed by atoms with E-state index in [4.69, 9.17) is 14.2 Å². The Bertz CT molecular complexity index is 1070. The first-order valence-electron chi connectivity index (χ1n) is 12.0. The highest BCUT2D eigenvalue weighted by Gasteiger charge is 2.43. The van der Waals surface area contributed by atoms with E-state index in [9.17, 15) is 14.4 Å². The summed E-state index contributed by atoms with van der Waals surface area (Å²) in [7, 11) is 0. The van der Waals surface area contributed by atoms with Gasteiger partial charge in [-0.05, 0) is 49.1 Å². The van der Waals surface area contributed by atoms with Crippen LogP contribution in [0.4, 0.5) is 0 Å². The molecule has 0 saturated carbocycles. The molecular formula is C27H35NO6S. The Morgan fingerprint density at radius 3 is 2.57 bits per heavy atom. The Morgan fingerprint density at radius 2 is 1.91 bits per heavy atom. The molecule has 1 unspecified atom stereocenters. The molecule has 7 nitrogen and oxygen atoms in total. The number of dihydropyridines is 1. The van der Waals surface area contributed by atoms with Gasteiger partial charge in [0, 0.05) is 42.0 Å². The quantitative estimate of drug-likeness (QED) is 0.290. The lowest BCUT2D eigenvalue weighted by Gasteiger charge is -2.39. The standard InChI is InChI=1S/C27H35NO6S/c1-7-32-22-13-18(9-10-21(22)34-17(4)29)24-23(26(31)33-11-12-35-8-2)16(3)28-19-14-27(5,6)15-20(30)25(19)24/h9-10,13,24,28H,7-8,11-12,14-15H2,1-6H3. The number of benzene rings is 1. The minimum Gasteiger partial charge on any atom is -0.490 e. The number of allylic oxidation sites excluding steroid dienone is 3. The maximum atomic E-state index is 13.4. The van der Waals surface area contributed by atoms with E-state index in [0.717, 1.165) is 11.4 Å². The van der Waals surface area contributed by atoms with E-state index in [2.05, 4.69) is 26.1 Å². The van der Waals surface area contributed by atoms with Crippen LogP contribution in [0.5, 0.6) is 11.5 Å². The molecular weight excluding hydrogens is 466 g/mol. The summed E-state index contributed by atoms with van der Waals surface area (Å²) in [5, 5.41) is 3.35. The van der Waals surface area contributed by atoms with Crippen molar-refractivity contribution in [2.24, 2.45) is 5.41 Å². The monoisotopic (exact) mass is 501 g/mol. The number of carbonyl (C=O) groups excluding carboxylic acids is 3. The molecule has 1 aliphatic heterocycles. The summed E-state index contributed by atoms with van der Waals surface area (Å²) in [6.45, 7) is 11.9. The van der Waals surface area contributed by atoms with Gasteiger partial charge >= 0.3 is 11.9 Å². The van der Waals surface area contributed by atoms with Crippen LogP contribution >= 0.6 is 11.8 Å². The van der Waals surface area contributed by atoms with E-state index in [-0.39, 0.29) is 11.2 Å². The molecule has 0 saturated heterocycles. The van der Waals surface area contributed by atoms with Crippen LogP contribution in [0.2, 0.25) is 0 Å². The van der Waals surface area contributed by atoms with E-state index in [1.807, 2.05) is 13.8 Å². The van der Waals surface area contributed by atoms with Crippen molar-refractivity contribution < 1.29 is 28.6 Å². The van der Waals surface area contributed by atoms with Gasteiger partial charge in [0.1, 0.15) is 6.61 Å². The minimum atomic E-state index is -0.605. The van der Waals surface area contributed by atoms with Crippen molar-refractivity contribution in [3.8, 4) is 11.5 Å². The topological polar surface area (TPSA) is 90.9 Å². The van der Waals surface area contributed by atoms with Gasteiger partial charge in [0.2, 0.25) is 0 Å². The average molecular weight is 502 g/mol. The lowest BCUT2D eigenvalue weighted by Crippen LogP contribution is -2.38. The maximum absolute atomic E-state index is 13.4. The Balaban J connectivity index is 2.10. The van der Waals surface area contributed by atoms with Crippen LogP contribution in [0.15, 0.2) is 40.7 Å². The SMILES string of the molecule is CCOc1cc(C2C(C(=O)OCCSCC)=C(C)NC3=C2C(=O)CC(C)(C)C3)ccc1OC(C)=O. The second kappa shape index (κ2) is 11.3. The Hall–Kier alpha value is -2.74. The molecule has 8 heteroatoms. The van der Waals surface area contributed by atoms with E-state index in [1.54, 1.807) is 30.0 Å². The number of ketones is 1. The number of rotatable bonds is 9. The summed E-state index contributed by atoms with van der Waals surface area (Å²) >= 11 is 1.70. The van der Waals surface area contributed by atoms with Crippen molar-refractivity contribution >= 4 is 29.5 Å². The molecule has 0 bridgehead atoms. The van der Waals surface area contributed by atoms with E-state index in [1.165, 1.54) is 6.92 Å². The molecule has 0 aromatic heterocycles. The molecule has 0 amide bonds. The highest BCUT2D eigenvalue weighted by Crippen LogP contribution is 2.48. The zero-order chi connectivity index (χ0) is 25.8. The van der Waals surface area contributed by atoms with Crippen LogP contribution in [0.1, 0.15) is 65.9 Å². The van der Waals surface area contributed by atoms with Gasteiger partial charge in [0.05, 0.1) is 12.2 Å². The predicted molar refractivity (Wildman–Crippen MR) is 137 cm³/mol. The molecule has 35 heavy (non-hydrogen) atoms. The summed E-state index contributed by atoms with van der Waals surface area (Å²) < 4.78 is 16.7. The summed E-state index contributed by atoms with van der Waals surface area (Å²) in [4.78, 5) is 38.3. The third-order valence-electron chi connectivity index (χ3n) is 5.98. The van der Waals surface area contributed by atoms with Crippen molar-refractivity contribution in [2.45, 2.75) is 60.3 Å². The fourth-order valence-electron chi connectivity index (χ4n) is 4.67. The van der Waals surface area contributed by atoms with Crippen LogP contribution in [0, 0.1) is 5.41 Å². The summed E-state index contributed by atoms with van der Waals surface area (Å²) in [5.74, 6) is 0.834. The first kappa shape index (κ1) is 26.9. The van der Waals surface area contributed by atoms with Crippen molar-refractivity contribution in [3.05, 3.63) is 46.3 Å². The molecule has 1 aromatic rings. The van der Waals surface area contributed by atoms with Gasteiger partial charge < -0.3 is 19.5 Å². The second-order valence-electron chi connectivity index (χ2n) is 9.50. The maximum Gasteiger partial charge on any atom is 0.336 e. The molecule has 1 aromatic carbocycles. The van der Waals surface area contributed by atoms with Crippen molar-refractivity contribution in [3.63, 3.8) is 0 Å². The van der Waals surface area contributed by atoms with Gasteiger partial charge in [0.15, 0.2) is 17.3 Å². The van der Waals surface area contributed by atoms with E-state index < -0.39 is 17.9 Å². The number of ether oxygens (including phenoxy) is 3. The smallest absolute Gasteiger partial charge is 0.336 e. The normalized spacial score (nSPS) is 19.1. The fourth-order valence-corrected chi connectivity index (χ4v) is 5.16. The van der Waals surface area contributed by atoms with E-state index >= 15 is 0 Å². The minimum absolute atomic E-state index is 0.00936. The molecule has 1 atom stereocenters. The lowest BCUT2D eigenvalue weighted by molar-refractivity contribution is -0.138. The summed E-state index contributed by atoms with van der Waals surface area (Å²) in [5.41, 5.74) is 3.05. The Morgan fingerprint density at radius 1 is 1.17 bits per heavy atom. The summed E-state index contributed by atoms with van der Waals surface area (Å²) in [6.07, 6.45) is 1.09. The van der Waals surface area contributed by atoms with Gasteiger partial charge in [-0.3, -0.25) is 9.59 Å². The van der Waals surface area contributed by atoms with Gasteiger partial charge in [-0.1, -0.05) is 26.8 Å². The highest BCUT2D eigenvalue weighted by atomic mass is 32.2. The number of carbonyl (C=O) groups is 3. The van der Waals surface area contributed by atoms with Gasteiger partial charge in [-0.2, -0.15) is 11.8 Å². The molecule has 0 fully saturated rings. The molecule has 3 rings (SSSR count). The van der Waals surface area contributed by atoms with Crippen molar-refractivity contribution in [2.75, 3.05) is 24.7 Å². The fraction of sp³-hybridized carbons (Fsp3) is 0.519. The van der Waals surface area contributed by atoms with Gasteiger partial charge in [-0.25, -0.2) is 4.79 Å². The van der Waals surface area contributed by atoms with Crippen molar-refractivity contribution in [1.82, 2.24) is 5.32 Å². The third-order valence-corrected chi connectivity index (χ3v) is 6.84. The largest absolute Gasteiger partial charge is 0.490 e. The van der Waals surface area contributed by atoms with Crippen molar-refractivity contribution in [1.29, 1.82) is 0 Å². The van der Waals surface area contributed by atoms with Crippen LogP contribution in [0.3, 0.4) is 0 Å². The number of nitrogens with one attached hydrogen (secondary N) is 1. The zero-order valence-electron chi connectivity index (χ0n) is 21.4. The first-order chi connectivity index (χ1) is 16.6. The molecule has 2 aliphatic rings. The number of hydrogen-bond acceptors (Lipinski definition) is 8. The number of thioether (sulfide) groups is 1. The predicted octanol–water partition coefficient (Wildman–Crippen LogP) is 4.91. The molecule has 1 N–H and O–H groups in total. The van der Waals surface area contributed by atoms with Crippen LogP contribution in [-0.2, 0) is 19.1 Å². The highest BCUT2D eigenvalue weighted by molar-refractivity contribution is 7.99. The number of esters is 2. The van der Waals surface area contributed by atoms with Crippen LogP contribution < -0.4 is 14.8 Å². The van der Waals surface area contributed by atoms with Gasteiger partial charge in [0.25, 0.3) is 0 Å². The zero-order valence-corrected chi connectivity index (χ0v) is 22.2. The van der Waals surface area contributed by atoms with Gasteiger partial charge in [-0.15, -0.1) is 0 Å². The molecule has 0 radical (unpaired) electrons. The molecule has 1 heterocycles. The number of Topliss-reactive ketones (excluding diaryl/α,β-unsaturated/α-hetero) is 1. The molecule has 190 valence electrons. The Kier molecular flexibility index (Phi) is 8.70. The average Bonchev–Trinajstić information content (AvgIpc) is 2.75. The lowest BCUT2D eigenvalue weighted by atomic mass is 9.68. The van der Waals surface area contributed by atoms with E-state index in [0.29, 0.717) is 65.7 Å².